The lowest BCUT2D eigenvalue weighted by Gasteiger charge is -2.24. The molecule has 4 rings (SSSR count). The molecule has 0 N–H and O–H groups in total. The number of amides is 1. The Balaban J connectivity index is 1.54. The van der Waals surface area contributed by atoms with E-state index in [1.54, 1.807) is 10.7 Å². The minimum absolute atomic E-state index is 0.0551. The van der Waals surface area contributed by atoms with Crippen molar-refractivity contribution in [2.45, 2.75) is 51.1 Å². The Morgan fingerprint density at radius 2 is 2.08 bits per heavy atom. The van der Waals surface area contributed by atoms with Gasteiger partial charge in [-0.25, -0.2) is 4.68 Å². The summed E-state index contributed by atoms with van der Waals surface area (Å²) < 4.78 is 1.56. The van der Waals surface area contributed by atoms with Gasteiger partial charge < -0.3 is 4.90 Å². The SMILES string of the molecule is Cc1ccc(C(=O)N2CCCC2Cn2nc(C3CC3)ccc2=O)s1. The lowest BCUT2D eigenvalue weighted by Crippen LogP contribution is -2.40. The molecule has 2 aromatic rings. The zero-order valence-corrected chi connectivity index (χ0v) is 14.6. The molecular weight excluding hydrogens is 322 g/mol. The molecule has 126 valence electrons. The Labute approximate surface area is 144 Å². The number of hydrogen-bond acceptors (Lipinski definition) is 4. The summed E-state index contributed by atoms with van der Waals surface area (Å²) in [7, 11) is 0. The van der Waals surface area contributed by atoms with Gasteiger partial charge in [-0.1, -0.05) is 0 Å². The van der Waals surface area contributed by atoms with Crippen LogP contribution >= 0.6 is 11.3 Å². The van der Waals surface area contributed by atoms with E-state index in [9.17, 15) is 9.59 Å². The highest BCUT2D eigenvalue weighted by molar-refractivity contribution is 7.13. The van der Waals surface area contributed by atoms with Crippen LogP contribution in [0.2, 0.25) is 0 Å². The molecule has 2 aromatic heterocycles. The molecule has 2 aliphatic rings. The fraction of sp³-hybridized carbons (Fsp3) is 0.500. The fourth-order valence-electron chi connectivity index (χ4n) is 3.38. The van der Waals surface area contributed by atoms with Crippen LogP contribution in [0.3, 0.4) is 0 Å². The van der Waals surface area contributed by atoms with Crippen molar-refractivity contribution in [1.29, 1.82) is 0 Å². The summed E-state index contributed by atoms with van der Waals surface area (Å²) in [5, 5.41) is 4.54. The second-order valence-corrected chi connectivity index (χ2v) is 8.05. The Kier molecular flexibility index (Phi) is 4.00. The van der Waals surface area contributed by atoms with Gasteiger partial charge >= 0.3 is 0 Å². The summed E-state index contributed by atoms with van der Waals surface area (Å²) >= 11 is 1.53. The van der Waals surface area contributed by atoms with Gasteiger partial charge in [0, 0.05) is 23.4 Å². The third kappa shape index (κ3) is 3.02. The zero-order chi connectivity index (χ0) is 16.7. The highest BCUT2D eigenvalue weighted by atomic mass is 32.1. The summed E-state index contributed by atoms with van der Waals surface area (Å²) in [6.45, 7) is 3.27. The van der Waals surface area contributed by atoms with E-state index in [0.717, 1.165) is 47.7 Å². The standard InChI is InChI=1S/C18H21N3O2S/c1-12-4-8-16(24-12)18(23)20-10-2-3-14(20)11-21-17(22)9-7-15(19-21)13-5-6-13/h4,7-9,13-14H,2-3,5-6,10-11H2,1H3. The maximum Gasteiger partial charge on any atom is 0.266 e. The Bertz CT molecular complexity index is 822. The lowest BCUT2D eigenvalue weighted by atomic mass is 10.2. The van der Waals surface area contributed by atoms with E-state index in [1.807, 2.05) is 30.0 Å². The summed E-state index contributed by atoms with van der Waals surface area (Å²) in [6, 6.07) is 7.40. The van der Waals surface area contributed by atoms with Crippen LogP contribution in [0.15, 0.2) is 29.1 Å². The molecule has 5 nitrogen and oxygen atoms in total. The molecule has 0 radical (unpaired) electrons. The molecule has 6 heteroatoms. The van der Waals surface area contributed by atoms with Crippen LogP contribution in [-0.4, -0.2) is 33.2 Å². The average Bonchev–Trinajstić information content (AvgIpc) is 3.17. The van der Waals surface area contributed by atoms with Crippen molar-refractivity contribution >= 4 is 17.2 Å². The van der Waals surface area contributed by atoms with Gasteiger partial charge in [-0.3, -0.25) is 9.59 Å². The Morgan fingerprint density at radius 3 is 2.79 bits per heavy atom. The van der Waals surface area contributed by atoms with Crippen LogP contribution in [0.1, 0.15) is 51.8 Å². The second kappa shape index (κ2) is 6.16. The number of rotatable bonds is 4. The van der Waals surface area contributed by atoms with E-state index >= 15 is 0 Å². The predicted octanol–water partition coefficient (Wildman–Crippen LogP) is 2.80. The number of hydrogen-bond donors (Lipinski definition) is 0. The first kappa shape index (κ1) is 15.6. The fourth-order valence-corrected chi connectivity index (χ4v) is 4.20. The van der Waals surface area contributed by atoms with E-state index < -0.39 is 0 Å². The number of aromatic nitrogens is 2. The largest absolute Gasteiger partial charge is 0.333 e. The number of carbonyl (C=O) groups is 1. The minimum Gasteiger partial charge on any atom is -0.333 e. The summed E-state index contributed by atoms with van der Waals surface area (Å²) in [5.41, 5.74) is 0.935. The smallest absolute Gasteiger partial charge is 0.266 e. The van der Waals surface area contributed by atoms with Crippen LogP contribution in [0.4, 0.5) is 0 Å². The molecule has 1 atom stereocenters. The topological polar surface area (TPSA) is 55.2 Å². The third-order valence-electron chi connectivity index (χ3n) is 4.86. The predicted molar refractivity (Wildman–Crippen MR) is 93.6 cm³/mol. The zero-order valence-electron chi connectivity index (χ0n) is 13.8. The molecule has 1 saturated heterocycles. The molecule has 0 aromatic carbocycles. The first-order chi connectivity index (χ1) is 11.6. The molecule has 0 spiro atoms. The van der Waals surface area contributed by atoms with Crippen LogP contribution < -0.4 is 5.56 Å². The van der Waals surface area contributed by atoms with Crippen molar-refractivity contribution < 1.29 is 4.79 Å². The van der Waals surface area contributed by atoms with Crippen molar-refractivity contribution in [2.75, 3.05) is 6.54 Å². The summed E-state index contributed by atoms with van der Waals surface area (Å²) in [4.78, 5) is 28.8. The highest BCUT2D eigenvalue weighted by Crippen LogP contribution is 2.38. The monoisotopic (exact) mass is 343 g/mol. The van der Waals surface area contributed by atoms with Crippen LogP contribution in [0.5, 0.6) is 0 Å². The van der Waals surface area contributed by atoms with Gasteiger partial charge in [-0.2, -0.15) is 5.10 Å². The summed E-state index contributed by atoms with van der Waals surface area (Å²) in [5.74, 6) is 0.606. The lowest BCUT2D eigenvalue weighted by molar-refractivity contribution is 0.0725. The van der Waals surface area contributed by atoms with Gasteiger partial charge in [-0.15, -0.1) is 11.3 Å². The van der Waals surface area contributed by atoms with Gasteiger partial charge in [0.15, 0.2) is 0 Å². The summed E-state index contributed by atoms with van der Waals surface area (Å²) in [6.07, 6.45) is 4.24. The van der Waals surface area contributed by atoms with Crippen LogP contribution in [0.25, 0.3) is 0 Å². The molecule has 1 aliphatic carbocycles. The van der Waals surface area contributed by atoms with Crippen molar-refractivity contribution in [1.82, 2.24) is 14.7 Å². The minimum atomic E-state index is -0.0781. The van der Waals surface area contributed by atoms with Gasteiger partial charge in [0.1, 0.15) is 0 Å². The van der Waals surface area contributed by atoms with E-state index in [2.05, 4.69) is 5.10 Å². The highest BCUT2D eigenvalue weighted by Gasteiger charge is 2.31. The molecule has 1 aliphatic heterocycles. The number of nitrogens with zero attached hydrogens (tertiary/aromatic N) is 3. The van der Waals surface area contributed by atoms with Gasteiger partial charge in [0.25, 0.3) is 11.5 Å². The average molecular weight is 343 g/mol. The van der Waals surface area contributed by atoms with Gasteiger partial charge in [0.2, 0.25) is 0 Å². The molecule has 3 heterocycles. The third-order valence-corrected chi connectivity index (χ3v) is 5.84. The molecule has 1 saturated carbocycles. The quantitative estimate of drug-likeness (QED) is 0.858. The maximum absolute atomic E-state index is 12.8. The number of aryl methyl sites for hydroxylation is 1. The van der Waals surface area contributed by atoms with E-state index in [4.69, 9.17) is 0 Å². The van der Waals surface area contributed by atoms with Crippen molar-refractivity contribution in [3.63, 3.8) is 0 Å². The Morgan fingerprint density at radius 1 is 1.25 bits per heavy atom. The first-order valence-electron chi connectivity index (χ1n) is 8.57. The molecular formula is C18H21N3O2S. The molecule has 1 unspecified atom stereocenters. The van der Waals surface area contributed by atoms with Gasteiger partial charge in [0.05, 0.1) is 23.2 Å². The normalized spacial score (nSPS) is 20.5. The Hall–Kier alpha value is -1.95. The van der Waals surface area contributed by atoms with Crippen LogP contribution in [-0.2, 0) is 6.54 Å². The number of likely N-dealkylation sites (tertiary alicyclic amines) is 1. The first-order valence-corrected chi connectivity index (χ1v) is 9.39. The van der Waals surface area contributed by atoms with Crippen molar-refractivity contribution in [3.8, 4) is 0 Å². The number of carbonyl (C=O) groups excluding carboxylic acids is 1. The number of thiophene rings is 1. The molecule has 1 amide bonds. The maximum atomic E-state index is 12.8. The van der Waals surface area contributed by atoms with Crippen molar-refractivity contribution in [2.24, 2.45) is 0 Å². The molecule has 24 heavy (non-hydrogen) atoms. The van der Waals surface area contributed by atoms with Crippen molar-refractivity contribution in [3.05, 3.63) is 50.1 Å². The molecule has 0 bridgehead atoms. The second-order valence-electron chi connectivity index (χ2n) is 6.76. The van der Waals surface area contributed by atoms with Gasteiger partial charge in [-0.05, 0) is 50.8 Å². The van der Waals surface area contributed by atoms with Crippen LogP contribution in [0, 0.1) is 6.92 Å². The van der Waals surface area contributed by atoms with E-state index in [-0.39, 0.29) is 17.5 Å². The van der Waals surface area contributed by atoms with E-state index in [1.165, 1.54) is 11.3 Å². The molecule has 2 fully saturated rings. The van der Waals surface area contributed by atoms with E-state index in [0.29, 0.717) is 12.5 Å².